The first-order valence-corrected chi connectivity index (χ1v) is 7.66. The number of hydrogen-bond donors (Lipinski definition) is 1. The van der Waals surface area contributed by atoms with Crippen LogP contribution in [0.1, 0.15) is 49.9 Å². The summed E-state index contributed by atoms with van der Waals surface area (Å²) in [5.41, 5.74) is 1.13. The highest BCUT2D eigenvalue weighted by atomic mass is 16.5. The first-order chi connectivity index (χ1) is 10.5. The predicted octanol–water partition coefficient (Wildman–Crippen LogP) is 4.22. The minimum absolute atomic E-state index is 0.00743. The van der Waals surface area contributed by atoms with Crippen molar-refractivity contribution in [3.63, 3.8) is 0 Å². The third kappa shape index (κ3) is 5.02. The van der Waals surface area contributed by atoms with Gasteiger partial charge in [-0.3, -0.25) is 9.59 Å². The third-order valence-corrected chi connectivity index (χ3v) is 3.58. The number of carbonyl (C=O) groups excluding carboxylic acids is 2. The number of methoxy groups -OCH3 is 1. The van der Waals surface area contributed by atoms with E-state index in [0.717, 1.165) is 19.3 Å². The van der Waals surface area contributed by atoms with Gasteiger partial charge in [-0.1, -0.05) is 19.9 Å². The second kappa shape index (κ2) is 9.03. The quantitative estimate of drug-likeness (QED) is 0.422. The molecule has 0 heterocycles. The number of amides is 1. The Hall–Kier alpha value is -2.10. The molecule has 1 aromatic carbocycles. The Labute approximate surface area is 132 Å². The topological polar surface area (TPSA) is 55.4 Å². The van der Waals surface area contributed by atoms with Crippen LogP contribution in [0.4, 0.5) is 5.69 Å². The van der Waals surface area contributed by atoms with Crippen LogP contribution in [0, 0.1) is 5.92 Å². The van der Waals surface area contributed by atoms with E-state index in [1.165, 1.54) is 7.11 Å². The number of carbonyl (C=O) groups is 2. The van der Waals surface area contributed by atoms with Crippen molar-refractivity contribution < 1.29 is 14.3 Å². The smallest absolute Gasteiger partial charge is 0.227 e. The van der Waals surface area contributed by atoms with E-state index in [4.69, 9.17) is 4.74 Å². The van der Waals surface area contributed by atoms with E-state index in [0.29, 0.717) is 23.4 Å². The number of ether oxygens (including phenoxy) is 1. The minimum atomic E-state index is -0.0765. The fraction of sp³-hybridized carbons (Fsp3) is 0.444. The summed E-state index contributed by atoms with van der Waals surface area (Å²) in [5.74, 6) is 0.410. The summed E-state index contributed by atoms with van der Waals surface area (Å²) >= 11 is 0. The van der Waals surface area contributed by atoms with E-state index in [1.807, 2.05) is 13.0 Å². The van der Waals surface area contributed by atoms with Crippen molar-refractivity contribution in [2.45, 2.75) is 39.5 Å². The van der Waals surface area contributed by atoms with Crippen LogP contribution in [-0.2, 0) is 4.79 Å². The van der Waals surface area contributed by atoms with Crippen LogP contribution >= 0.6 is 0 Å². The molecule has 4 heteroatoms. The monoisotopic (exact) mass is 303 g/mol. The van der Waals surface area contributed by atoms with Crippen LogP contribution in [0.5, 0.6) is 5.75 Å². The number of unbranched alkanes of at least 4 members (excludes halogenated alkanes) is 1. The molecule has 0 saturated heterocycles. The van der Waals surface area contributed by atoms with Gasteiger partial charge in [-0.15, -0.1) is 6.58 Å². The molecule has 1 aromatic rings. The summed E-state index contributed by atoms with van der Waals surface area (Å²) in [6, 6.07) is 5.14. The van der Waals surface area contributed by atoms with E-state index in [-0.39, 0.29) is 17.6 Å². The van der Waals surface area contributed by atoms with E-state index in [9.17, 15) is 9.59 Å². The molecule has 1 atom stereocenters. The molecule has 0 aliphatic carbocycles. The lowest BCUT2D eigenvalue weighted by atomic mass is 10.0. The molecular weight excluding hydrogens is 278 g/mol. The molecule has 0 aliphatic heterocycles. The van der Waals surface area contributed by atoms with Gasteiger partial charge in [0, 0.05) is 18.0 Å². The highest BCUT2D eigenvalue weighted by Crippen LogP contribution is 2.24. The lowest BCUT2D eigenvalue weighted by Crippen LogP contribution is -2.20. The standard InChI is InChI=1S/C18H25NO3/c1-5-7-8-9-13(3)18(21)19-14-10-11-17(22-4)15(12-14)16(20)6-2/h5,10-13H,1,6-9H2,2-4H3,(H,19,21). The second-order valence-corrected chi connectivity index (χ2v) is 5.30. The molecule has 120 valence electrons. The summed E-state index contributed by atoms with van der Waals surface area (Å²) in [6.45, 7) is 7.38. The molecule has 0 bridgehead atoms. The zero-order valence-electron chi connectivity index (χ0n) is 13.6. The molecule has 0 fully saturated rings. The molecule has 22 heavy (non-hydrogen) atoms. The Morgan fingerprint density at radius 1 is 1.41 bits per heavy atom. The van der Waals surface area contributed by atoms with E-state index < -0.39 is 0 Å². The van der Waals surface area contributed by atoms with E-state index in [2.05, 4.69) is 11.9 Å². The number of benzene rings is 1. The van der Waals surface area contributed by atoms with Gasteiger partial charge in [-0.2, -0.15) is 0 Å². The molecule has 1 unspecified atom stereocenters. The molecule has 0 saturated carbocycles. The van der Waals surface area contributed by atoms with Gasteiger partial charge >= 0.3 is 0 Å². The van der Waals surface area contributed by atoms with Crippen molar-refractivity contribution >= 4 is 17.4 Å². The summed E-state index contributed by atoms with van der Waals surface area (Å²) in [6.07, 6.45) is 4.92. The van der Waals surface area contributed by atoms with Crippen LogP contribution in [0.15, 0.2) is 30.9 Å². The van der Waals surface area contributed by atoms with Crippen molar-refractivity contribution in [3.05, 3.63) is 36.4 Å². The van der Waals surface area contributed by atoms with Gasteiger partial charge in [0.05, 0.1) is 12.7 Å². The number of Topliss-reactive ketones (excluding diaryl/α,β-unsaturated/α-hetero) is 1. The molecule has 0 radical (unpaired) electrons. The highest BCUT2D eigenvalue weighted by Gasteiger charge is 2.15. The van der Waals surface area contributed by atoms with Crippen molar-refractivity contribution in [2.75, 3.05) is 12.4 Å². The van der Waals surface area contributed by atoms with Crippen LogP contribution in [0.25, 0.3) is 0 Å². The van der Waals surface area contributed by atoms with Gasteiger partial charge in [-0.25, -0.2) is 0 Å². The molecule has 0 spiro atoms. The second-order valence-electron chi connectivity index (χ2n) is 5.30. The first-order valence-electron chi connectivity index (χ1n) is 7.66. The Bertz CT molecular complexity index is 537. The minimum Gasteiger partial charge on any atom is -0.496 e. The maximum Gasteiger partial charge on any atom is 0.227 e. The van der Waals surface area contributed by atoms with E-state index >= 15 is 0 Å². The molecule has 1 N–H and O–H groups in total. The van der Waals surface area contributed by atoms with Crippen LogP contribution in [-0.4, -0.2) is 18.8 Å². The van der Waals surface area contributed by atoms with Crippen LogP contribution < -0.4 is 10.1 Å². The molecule has 1 rings (SSSR count). The van der Waals surface area contributed by atoms with Crippen LogP contribution in [0.2, 0.25) is 0 Å². The van der Waals surface area contributed by atoms with Gasteiger partial charge < -0.3 is 10.1 Å². The SMILES string of the molecule is C=CCCCC(C)C(=O)Nc1ccc(OC)c(C(=O)CC)c1. The number of allylic oxidation sites excluding steroid dienone is 1. The molecule has 4 nitrogen and oxygen atoms in total. The van der Waals surface area contributed by atoms with Gasteiger partial charge in [0.2, 0.25) is 5.91 Å². The predicted molar refractivity (Wildman–Crippen MR) is 89.5 cm³/mol. The highest BCUT2D eigenvalue weighted by molar-refractivity contribution is 6.00. The average molecular weight is 303 g/mol. The van der Waals surface area contributed by atoms with Gasteiger partial charge in [0.1, 0.15) is 5.75 Å². The number of rotatable bonds is 9. The summed E-state index contributed by atoms with van der Waals surface area (Å²) < 4.78 is 5.20. The summed E-state index contributed by atoms with van der Waals surface area (Å²) in [4.78, 5) is 24.1. The maximum absolute atomic E-state index is 12.2. The lowest BCUT2D eigenvalue weighted by molar-refractivity contribution is -0.119. The molecule has 0 aliphatic rings. The number of anilines is 1. The van der Waals surface area contributed by atoms with Crippen molar-refractivity contribution in [1.29, 1.82) is 0 Å². The van der Waals surface area contributed by atoms with Crippen molar-refractivity contribution in [3.8, 4) is 5.75 Å². The normalized spacial score (nSPS) is 11.6. The molecular formula is C18H25NO3. The zero-order chi connectivity index (χ0) is 16.5. The average Bonchev–Trinajstić information content (AvgIpc) is 2.54. The van der Waals surface area contributed by atoms with Crippen molar-refractivity contribution in [1.82, 2.24) is 0 Å². The number of nitrogens with one attached hydrogen (secondary N) is 1. The lowest BCUT2D eigenvalue weighted by Gasteiger charge is -2.14. The van der Waals surface area contributed by atoms with Gasteiger partial charge in [-0.05, 0) is 37.5 Å². The fourth-order valence-corrected chi connectivity index (χ4v) is 2.16. The Kier molecular flexibility index (Phi) is 7.37. The third-order valence-electron chi connectivity index (χ3n) is 3.58. The van der Waals surface area contributed by atoms with Crippen molar-refractivity contribution in [2.24, 2.45) is 5.92 Å². The Balaban J connectivity index is 2.78. The largest absolute Gasteiger partial charge is 0.496 e. The zero-order valence-corrected chi connectivity index (χ0v) is 13.6. The summed E-state index contributed by atoms with van der Waals surface area (Å²) in [7, 11) is 1.53. The van der Waals surface area contributed by atoms with Gasteiger partial charge in [0.25, 0.3) is 0 Å². The van der Waals surface area contributed by atoms with E-state index in [1.54, 1.807) is 25.1 Å². The first kappa shape index (κ1) is 18.0. The van der Waals surface area contributed by atoms with Crippen LogP contribution in [0.3, 0.4) is 0 Å². The number of ketones is 1. The summed E-state index contributed by atoms with van der Waals surface area (Å²) in [5, 5.41) is 2.87. The Morgan fingerprint density at radius 2 is 2.14 bits per heavy atom. The maximum atomic E-state index is 12.2. The molecule has 0 aromatic heterocycles. The number of hydrogen-bond acceptors (Lipinski definition) is 3. The Morgan fingerprint density at radius 3 is 2.73 bits per heavy atom. The molecule has 1 amide bonds. The fourth-order valence-electron chi connectivity index (χ4n) is 2.16. The van der Waals surface area contributed by atoms with Gasteiger partial charge in [0.15, 0.2) is 5.78 Å².